The average Bonchev–Trinajstić information content (AvgIpc) is 3.36. The Morgan fingerprint density at radius 2 is 1.96 bits per heavy atom. The molecule has 1 aliphatic rings. The van der Waals surface area contributed by atoms with Crippen molar-refractivity contribution in [3.05, 3.63) is 71.6 Å². The Hall–Kier alpha value is -3.28. The number of ketones is 1. The van der Waals surface area contributed by atoms with Gasteiger partial charge in [0, 0.05) is 18.8 Å². The highest BCUT2D eigenvalue weighted by Gasteiger charge is 2.32. The number of aromatic nitrogens is 4. The van der Waals surface area contributed by atoms with E-state index in [1.807, 2.05) is 47.0 Å². The SMILES string of the molecule is CCc1nn2c3c(nnc2c1-c1ccccc1)C(=O)CC(c1ccco1)C3. The average molecular weight is 358 g/mol. The van der Waals surface area contributed by atoms with Crippen LogP contribution < -0.4 is 0 Å². The maximum absolute atomic E-state index is 12.7. The minimum absolute atomic E-state index is 0.00171. The van der Waals surface area contributed by atoms with E-state index in [1.54, 1.807) is 6.26 Å². The Kier molecular flexibility index (Phi) is 3.63. The number of rotatable bonds is 3. The van der Waals surface area contributed by atoms with Gasteiger partial charge in [0.25, 0.3) is 0 Å². The van der Waals surface area contributed by atoms with Crippen LogP contribution in [0.2, 0.25) is 0 Å². The minimum atomic E-state index is -0.0122. The third-order valence-electron chi connectivity index (χ3n) is 5.19. The molecule has 0 N–H and O–H groups in total. The first-order valence-electron chi connectivity index (χ1n) is 9.15. The van der Waals surface area contributed by atoms with Gasteiger partial charge in [0.2, 0.25) is 0 Å². The first kappa shape index (κ1) is 15.9. The molecule has 0 bridgehead atoms. The van der Waals surface area contributed by atoms with Crippen molar-refractivity contribution in [2.75, 3.05) is 0 Å². The number of furan rings is 1. The maximum Gasteiger partial charge on any atom is 0.185 e. The fourth-order valence-corrected chi connectivity index (χ4v) is 3.89. The van der Waals surface area contributed by atoms with Crippen molar-refractivity contribution in [1.82, 2.24) is 19.8 Å². The lowest BCUT2D eigenvalue weighted by Crippen LogP contribution is -2.24. The zero-order valence-corrected chi connectivity index (χ0v) is 14.9. The molecular weight excluding hydrogens is 340 g/mol. The molecule has 3 aromatic heterocycles. The van der Waals surface area contributed by atoms with Gasteiger partial charge in [-0.05, 0) is 24.1 Å². The quantitative estimate of drug-likeness (QED) is 0.556. The van der Waals surface area contributed by atoms with Crippen LogP contribution in [0.15, 0.2) is 53.1 Å². The van der Waals surface area contributed by atoms with Gasteiger partial charge in [-0.25, -0.2) is 4.52 Å². The molecule has 1 unspecified atom stereocenters. The van der Waals surface area contributed by atoms with Crippen LogP contribution in [-0.2, 0) is 12.8 Å². The van der Waals surface area contributed by atoms with E-state index in [2.05, 4.69) is 17.1 Å². The van der Waals surface area contributed by atoms with E-state index >= 15 is 0 Å². The number of carbonyl (C=O) groups excluding carboxylic acids is 1. The van der Waals surface area contributed by atoms with Crippen LogP contribution in [0.3, 0.4) is 0 Å². The van der Waals surface area contributed by atoms with Crippen molar-refractivity contribution < 1.29 is 9.21 Å². The molecule has 0 aliphatic heterocycles. The van der Waals surface area contributed by atoms with Crippen LogP contribution in [0.1, 0.15) is 46.9 Å². The second-order valence-electron chi connectivity index (χ2n) is 6.82. The molecule has 134 valence electrons. The zero-order chi connectivity index (χ0) is 18.4. The Bertz CT molecular complexity index is 1130. The summed E-state index contributed by atoms with van der Waals surface area (Å²) in [4.78, 5) is 12.7. The second kappa shape index (κ2) is 6.16. The van der Waals surface area contributed by atoms with Crippen LogP contribution in [-0.4, -0.2) is 25.6 Å². The molecule has 0 spiro atoms. The van der Waals surface area contributed by atoms with Crippen molar-refractivity contribution in [1.29, 1.82) is 0 Å². The first-order valence-corrected chi connectivity index (χ1v) is 9.15. The van der Waals surface area contributed by atoms with E-state index in [0.717, 1.165) is 34.7 Å². The largest absolute Gasteiger partial charge is 0.469 e. The van der Waals surface area contributed by atoms with E-state index in [4.69, 9.17) is 9.52 Å². The molecule has 4 aromatic rings. The summed E-state index contributed by atoms with van der Waals surface area (Å²) in [7, 11) is 0. The first-order chi connectivity index (χ1) is 13.3. The number of aryl methyl sites for hydroxylation is 1. The van der Waals surface area contributed by atoms with Gasteiger partial charge in [0.1, 0.15) is 5.76 Å². The molecular formula is C21H18N4O2. The van der Waals surface area contributed by atoms with E-state index in [9.17, 15) is 4.79 Å². The third kappa shape index (κ3) is 2.48. The van der Waals surface area contributed by atoms with Gasteiger partial charge in [0.15, 0.2) is 17.1 Å². The fraction of sp³-hybridized carbons (Fsp3) is 0.238. The Balaban J connectivity index is 1.72. The van der Waals surface area contributed by atoms with Crippen molar-refractivity contribution in [3.8, 4) is 11.1 Å². The molecule has 0 saturated heterocycles. The number of hydrogen-bond acceptors (Lipinski definition) is 5. The third-order valence-corrected chi connectivity index (χ3v) is 5.19. The van der Waals surface area contributed by atoms with Crippen molar-refractivity contribution in [2.45, 2.75) is 32.1 Å². The lowest BCUT2D eigenvalue weighted by molar-refractivity contribution is 0.0951. The van der Waals surface area contributed by atoms with Gasteiger partial charge in [0.05, 0.1) is 23.2 Å². The summed E-state index contributed by atoms with van der Waals surface area (Å²) in [5.41, 5.74) is 4.94. The Morgan fingerprint density at radius 1 is 1.11 bits per heavy atom. The summed E-state index contributed by atoms with van der Waals surface area (Å²) in [6.07, 6.45) is 3.46. The van der Waals surface area contributed by atoms with Crippen molar-refractivity contribution in [3.63, 3.8) is 0 Å². The highest BCUT2D eigenvalue weighted by molar-refractivity contribution is 5.97. The summed E-state index contributed by atoms with van der Waals surface area (Å²) in [5.74, 6) is 0.814. The maximum atomic E-state index is 12.7. The van der Waals surface area contributed by atoms with Gasteiger partial charge in [-0.15, -0.1) is 10.2 Å². The van der Waals surface area contributed by atoms with E-state index in [0.29, 0.717) is 24.2 Å². The predicted molar refractivity (Wildman–Crippen MR) is 99.7 cm³/mol. The van der Waals surface area contributed by atoms with Gasteiger partial charge in [-0.1, -0.05) is 37.3 Å². The molecule has 1 aliphatic carbocycles. The number of nitrogens with zero attached hydrogens (tertiary/aromatic N) is 4. The van der Waals surface area contributed by atoms with Gasteiger partial charge in [-0.3, -0.25) is 4.79 Å². The Morgan fingerprint density at radius 3 is 2.70 bits per heavy atom. The molecule has 1 atom stereocenters. The van der Waals surface area contributed by atoms with Crippen molar-refractivity contribution in [2.24, 2.45) is 0 Å². The molecule has 5 rings (SSSR count). The molecule has 0 saturated carbocycles. The zero-order valence-electron chi connectivity index (χ0n) is 14.9. The number of carbonyl (C=O) groups is 1. The van der Waals surface area contributed by atoms with Gasteiger partial charge >= 0.3 is 0 Å². The topological polar surface area (TPSA) is 73.3 Å². The second-order valence-corrected chi connectivity index (χ2v) is 6.82. The van der Waals surface area contributed by atoms with Crippen molar-refractivity contribution >= 4 is 11.4 Å². The van der Waals surface area contributed by atoms with Crippen LogP contribution in [0.25, 0.3) is 16.8 Å². The normalized spacial score (nSPS) is 16.6. The smallest absolute Gasteiger partial charge is 0.185 e. The van der Waals surface area contributed by atoms with Crippen LogP contribution >= 0.6 is 0 Å². The molecule has 6 heteroatoms. The van der Waals surface area contributed by atoms with Crippen LogP contribution in [0.4, 0.5) is 0 Å². The highest BCUT2D eigenvalue weighted by atomic mass is 16.3. The monoisotopic (exact) mass is 358 g/mol. The minimum Gasteiger partial charge on any atom is -0.469 e. The standard InChI is InChI=1S/C21H18N4O2/c1-2-15-19(13-7-4-3-5-8-13)21-23-22-20-16(25(21)24-15)11-14(12-17(20)26)18-9-6-10-27-18/h3-10,14H,2,11-12H2,1H3. The van der Waals surface area contributed by atoms with Crippen LogP contribution in [0.5, 0.6) is 0 Å². The molecule has 27 heavy (non-hydrogen) atoms. The molecule has 3 heterocycles. The number of hydrogen-bond donors (Lipinski definition) is 0. The van der Waals surface area contributed by atoms with E-state index in [-0.39, 0.29) is 11.7 Å². The fourth-order valence-electron chi connectivity index (χ4n) is 3.89. The number of fused-ring (bicyclic) bond motifs is 3. The molecule has 6 nitrogen and oxygen atoms in total. The molecule has 1 aromatic carbocycles. The molecule has 0 amide bonds. The van der Waals surface area contributed by atoms with Crippen LogP contribution in [0, 0.1) is 0 Å². The summed E-state index contributed by atoms with van der Waals surface area (Å²) in [6.45, 7) is 2.07. The predicted octanol–water partition coefficient (Wildman–Crippen LogP) is 3.86. The van der Waals surface area contributed by atoms with Gasteiger partial charge in [-0.2, -0.15) is 5.10 Å². The number of Topliss-reactive ketones (excluding diaryl/α,β-unsaturated/α-hetero) is 1. The Labute approximate surface area is 155 Å². The molecule has 0 radical (unpaired) electrons. The lowest BCUT2D eigenvalue weighted by atomic mass is 9.87. The highest BCUT2D eigenvalue weighted by Crippen LogP contribution is 2.34. The summed E-state index contributed by atoms with van der Waals surface area (Å²) >= 11 is 0. The summed E-state index contributed by atoms with van der Waals surface area (Å²) in [5, 5.41) is 13.5. The summed E-state index contributed by atoms with van der Waals surface area (Å²) in [6, 6.07) is 13.9. The lowest BCUT2D eigenvalue weighted by Gasteiger charge is -2.21. The van der Waals surface area contributed by atoms with E-state index < -0.39 is 0 Å². The summed E-state index contributed by atoms with van der Waals surface area (Å²) < 4.78 is 7.37. The van der Waals surface area contributed by atoms with Gasteiger partial charge < -0.3 is 4.42 Å². The number of benzene rings is 1. The van der Waals surface area contributed by atoms with E-state index in [1.165, 1.54) is 0 Å². The molecule has 0 fully saturated rings.